The van der Waals surface area contributed by atoms with Gasteiger partial charge in [-0.1, -0.05) is 26.2 Å². The predicted octanol–water partition coefficient (Wildman–Crippen LogP) is 2.14. The summed E-state index contributed by atoms with van der Waals surface area (Å²) >= 11 is 0. The van der Waals surface area contributed by atoms with Gasteiger partial charge >= 0.3 is 0 Å². The molecule has 0 spiro atoms. The van der Waals surface area contributed by atoms with E-state index >= 15 is 0 Å². The Morgan fingerprint density at radius 1 is 1.05 bits per heavy atom. The fraction of sp³-hybridized carbons (Fsp3) is 0.933. The first-order valence-electron chi connectivity index (χ1n) is 7.95. The summed E-state index contributed by atoms with van der Waals surface area (Å²) in [5, 5.41) is 3.01. The molecule has 1 heterocycles. The standard InChI is InChI=1S/C15H27NO3S/c1-2-12-3-5-13(6-4-12)10-16-15(17)9-14-7-8-20(18,19)11-14/h12-14H,2-11H2,1H3,(H,16,17)/t12?,13?,14-/m0/s1. The first-order chi connectivity index (χ1) is 9.48. The normalized spacial score (nSPS) is 33.0. The van der Waals surface area contributed by atoms with Crippen LogP contribution in [0.25, 0.3) is 0 Å². The Labute approximate surface area is 122 Å². The van der Waals surface area contributed by atoms with Crippen LogP contribution in [-0.2, 0) is 14.6 Å². The van der Waals surface area contributed by atoms with Crippen LogP contribution in [0, 0.1) is 17.8 Å². The number of hydrogen-bond donors (Lipinski definition) is 1. The summed E-state index contributed by atoms with van der Waals surface area (Å²) in [5.41, 5.74) is 0. The molecule has 2 rings (SSSR count). The zero-order chi connectivity index (χ0) is 14.6. The van der Waals surface area contributed by atoms with Crippen molar-refractivity contribution in [2.45, 2.75) is 51.9 Å². The van der Waals surface area contributed by atoms with E-state index in [1.165, 1.54) is 32.1 Å². The summed E-state index contributed by atoms with van der Waals surface area (Å²) < 4.78 is 22.7. The minimum absolute atomic E-state index is 0.0321. The molecule has 0 radical (unpaired) electrons. The van der Waals surface area contributed by atoms with Gasteiger partial charge in [0.15, 0.2) is 9.84 Å². The Bertz CT molecular complexity index is 424. The topological polar surface area (TPSA) is 63.2 Å². The zero-order valence-electron chi connectivity index (χ0n) is 12.4. The molecular formula is C15H27NO3S. The molecule has 1 aliphatic carbocycles. The van der Waals surface area contributed by atoms with E-state index in [1.807, 2.05) is 0 Å². The summed E-state index contributed by atoms with van der Waals surface area (Å²) in [4.78, 5) is 11.9. The highest BCUT2D eigenvalue weighted by atomic mass is 32.2. The Balaban J connectivity index is 1.63. The third kappa shape index (κ3) is 4.76. The lowest BCUT2D eigenvalue weighted by atomic mass is 9.81. The van der Waals surface area contributed by atoms with Crippen LogP contribution in [0.2, 0.25) is 0 Å². The molecule has 0 aromatic rings. The third-order valence-electron chi connectivity index (χ3n) is 4.93. The van der Waals surface area contributed by atoms with Crippen LogP contribution in [-0.4, -0.2) is 32.4 Å². The van der Waals surface area contributed by atoms with Crippen molar-refractivity contribution < 1.29 is 13.2 Å². The molecule has 0 aromatic carbocycles. The molecule has 5 heteroatoms. The highest BCUT2D eigenvalue weighted by molar-refractivity contribution is 7.91. The average molecular weight is 301 g/mol. The number of carbonyl (C=O) groups excluding carboxylic acids is 1. The van der Waals surface area contributed by atoms with Gasteiger partial charge in [0.1, 0.15) is 0 Å². The van der Waals surface area contributed by atoms with Crippen LogP contribution >= 0.6 is 0 Å². The fourth-order valence-electron chi connectivity index (χ4n) is 3.47. The van der Waals surface area contributed by atoms with Gasteiger partial charge in [0.05, 0.1) is 11.5 Å². The van der Waals surface area contributed by atoms with Gasteiger partial charge in [-0.2, -0.15) is 0 Å². The van der Waals surface area contributed by atoms with Gasteiger partial charge in [-0.3, -0.25) is 4.79 Å². The summed E-state index contributed by atoms with van der Waals surface area (Å²) in [5.74, 6) is 2.02. The van der Waals surface area contributed by atoms with E-state index in [4.69, 9.17) is 0 Å². The van der Waals surface area contributed by atoms with E-state index < -0.39 is 9.84 Å². The van der Waals surface area contributed by atoms with E-state index in [0.717, 1.165) is 12.5 Å². The molecule has 116 valence electrons. The fourth-order valence-corrected chi connectivity index (χ4v) is 5.33. The first-order valence-corrected chi connectivity index (χ1v) is 9.77. The van der Waals surface area contributed by atoms with Gasteiger partial charge in [-0.15, -0.1) is 0 Å². The summed E-state index contributed by atoms with van der Waals surface area (Å²) in [6.07, 6.45) is 7.32. The van der Waals surface area contributed by atoms with Gasteiger partial charge in [0, 0.05) is 13.0 Å². The van der Waals surface area contributed by atoms with Crippen LogP contribution in [0.15, 0.2) is 0 Å². The van der Waals surface area contributed by atoms with Crippen molar-refractivity contribution in [3.8, 4) is 0 Å². The lowest BCUT2D eigenvalue weighted by molar-refractivity contribution is -0.122. The molecule has 2 aliphatic rings. The zero-order valence-corrected chi connectivity index (χ0v) is 13.3. The van der Waals surface area contributed by atoms with Crippen molar-refractivity contribution in [3.63, 3.8) is 0 Å². The first kappa shape index (κ1) is 15.8. The molecular weight excluding hydrogens is 274 g/mol. The van der Waals surface area contributed by atoms with Crippen LogP contribution in [0.3, 0.4) is 0 Å². The van der Waals surface area contributed by atoms with Crippen LogP contribution in [0.1, 0.15) is 51.9 Å². The third-order valence-corrected chi connectivity index (χ3v) is 6.77. The second kappa shape index (κ2) is 6.92. The highest BCUT2D eigenvalue weighted by Crippen LogP contribution is 2.30. The minimum atomic E-state index is -2.87. The SMILES string of the molecule is CCC1CCC(CNC(=O)C[C@@H]2CCS(=O)(=O)C2)CC1. The molecule has 2 fully saturated rings. The summed E-state index contributed by atoms with van der Waals surface area (Å²) in [6.45, 7) is 3.02. The molecule has 1 N–H and O–H groups in total. The molecule has 4 nitrogen and oxygen atoms in total. The summed E-state index contributed by atoms with van der Waals surface area (Å²) in [6, 6.07) is 0. The molecule has 0 unspecified atom stereocenters. The maximum absolute atomic E-state index is 11.9. The van der Waals surface area contributed by atoms with Gasteiger partial charge in [0.2, 0.25) is 5.91 Å². The van der Waals surface area contributed by atoms with Crippen molar-refractivity contribution in [2.24, 2.45) is 17.8 Å². The van der Waals surface area contributed by atoms with Crippen molar-refractivity contribution >= 4 is 15.7 Å². The number of rotatable bonds is 5. The Kier molecular flexibility index (Phi) is 5.47. The van der Waals surface area contributed by atoms with Crippen LogP contribution < -0.4 is 5.32 Å². The molecule has 1 atom stereocenters. The van der Waals surface area contributed by atoms with Gasteiger partial charge in [0.25, 0.3) is 0 Å². The average Bonchev–Trinajstić information content (AvgIpc) is 2.76. The van der Waals surface area contributed by atoms with Crippen LogP contribution in [0.5, 0.6) is 0 Å². The predicted molar refractivity (Wildman–Crippen MR) is 80.1 cm³/mol. The molecule has 1 amide bonds. The number of sulfone groups is 1. The van der Waals surface area contributed by atoms with Crippen molar-refractivity contribution in [1.82, 2.24) is 5.32 Å². The maximum atomic E-state index is 11.9. The number of hydrogen-bond acceptors (Lipinski definition) is 3. The maximum Gasteiger partial charge on any atom is 0.220 e. The number of amides is 1. The van der Waals surface area contributed by atoms with Gasteiger partial charge < -0.3 is 5.32 Å². The smallest absolute Gasteiger partial charge is 0.220 e. The summed E-state index contributed by atoms with van der Waals surface area (Å²) in [7, 11) is -2.87. The van der Waals surface area contributed by atoms with E-state index in [-0.39, 0.29) is 23.3 Å². The lowest BCUT2D eigenvalue weighted by Gasteiger charge is -2.27. The van der Waals surface area contributed by atoms with E-state index in [1.54, 1.807) is 0 Å². The van der Waals surface area contributed by atoms with Crippen molar-refractivity contribution in [1.29, 1.82) is 0 Å². The molecule has 20 heavy (non-hydrogen) atoms. The van der Waals surface area contributed by atoms with E-state index in [9.17, 15) is 13.2 Å². The quantitative estimate of drug-likeness (QED) is 0.846. The minimum Gasteiger partial charge on any atom is -0.356 e. The monoisotopic (exact) mass is 301 g/mol. The Morgan fingerprint density at radius 2 is 1.70 bits per heavy atom. The molecule has 1 saturated carbocycles. The number of nitrogens with one attached hydrogen (secondary N) is 1. The highest BCUT2D eigenvalue weighted by Gasteiger charge is 2.29. The Hall–Kier alpha value is -0.580. The lowest BCUT2D eigenvalue weighted by Crippen LogP contribution is -2.32. The van der Waals surface area contributed by atoms with Gasteiger partial charge in [-0.25, -0.2) is 8.42 Å². The molecule has 0 bridgehead atoms. The molecule has 1 saturated heterocycles. The van der Waals surface area contributed by atoms with Gasteiger partial charge in [-0.05, 0) is 37.0 Å². The second-order valence-electron chi connectivity index (χ2n) is 6.57. The molecule has 0 aromatic heterocycles. The van der Waals surface area contributed by atoms with Crippen molar-refractivity contribution in [2.75, 3.05) is 18.1 Å². The largest absolute Gasteiger partial charge is 0.356 e. The van der Waals surface area contributed by atoms with E-state index in [0.29, 0.717) is 18.8 Å². The van der Waals surface area contributed by atoms with Crippen LogP contribution in [0.4, 0.5) is 0 Å². The second-order valence-corrected chi connectivity index (χ2v) is 8.80. The van der Waals surface area contributed by atoms with E-state index in [2.05, 4.69) is 12.2 Å². The number of carbonyl (C=O) groups is 1. The van der Waals surface area contributed by atoms with Crippen molar-refractivity contribution in [3.05, 3.63) is 0 Å². The Morgan fingerprint density at radius 3 is 2.25 bits per heavy atom. The molecule has 1 aliphatic heterocycles.